The highest BCUT2D eigenvalue weighted by molar-refractivity contribution is 7.10. The number of halogens is 4. The van der Waals surface area contributed by atoms with Crippen LogP contribution in [-0.4, -0.2) is 12.7 Å². The van der Waals surface area contributed by atoms with Crippen LogP contribution in [0.5, 0.6) is 0 Å². The molecule has 2 aliphatic rings. The van der Waals surface area contributed by atoms with Crippen molar-refractivity contribution >= 4 is 44.9 Å². The van der Waals surface area contributed by atoms with Gasteiger partial charge in [-0.1, -0.05) is 17.7 Å². The largest absolute Gasteiger partial charge is 0.405 e. The lowest BCUT2D eigenvalue weighted by Crippen LogP contribution is -2.37. The van der Waals surface area contributed by atoms with Crippen molar-refractivity contribution < 1.29 is 13.2 Å². The van der Waals surface area contributed by atoms with Crippen LogP contribution in [-0.2, 0) is 0 Å². The van der Waals surface area contributed by atoms with Gasteiger partial charge in [0.2, 0.25) is 0 Å². The molecule has 1 aromatic carbocycles. The Hall–Kier alpha value is -1.92. The molecule has 1 atom stereocenters. The summed E-state index contributed by atoms with van der Waals surface area (Å²) in [6.45, 7) is 0.891. The number of fused-ring (bicyclic) bond motifs is 3. The van der Waals surface area contributed by atoms with Gasteiger partial charge in [0.15, 0.2) is 0 Å². The van der Waals surface area contributed by atoms with Gasteiger partial charge in [-0.2, -0.15) is 13.2 Å². The Morgan fingerprint density at radius 2 is 2.04 bits per heavy atom. The van der Waals surface area contributed by atoms with E-state index in [4.69, 9.17) is 11.6 Å². The van der Waals surface area contributed by atoms with Gasteiger partial charge in [-0.25, -0.2) is 0 Å². The standard InChI is InChI=1S/C18H14ClF3N2S/c1-10-15-13(5-4-12-16(15)11(19)6-7-23-12)24(9-18(20,21)22)17(10)14-3-2-8-25-14/h2-8,17,23H,9H2,1H3. The number of thiophene rings is 1. The smallest absolute Gasteiger partial charge is 0.361 e. The van der Waals surface area contributed by atoms with Crippen molar-refractivity contribution in [1.29, 1.82) is 0 Å². The molecule has 130 valence electrons. The Bertz CT molecular complexity index is 977. The van der Waals surface area contributed by atoms with Crippen LogP contribution in [0.4, 0.5) is 24.5 Å². The van der Waals surface area contributed by atoms with Crippen molar-refractivity contribution in [3.63, 3.8) is 0 Å². The van der Waals surface area contributed by atoms with Crippen molar-refractivity contribution in [2.24, 2.45) is 0 Å². The maximum absolute atomic E-state index is 13.3. The highest BCUT2D eigenvalue weighted by Gasteiger charge is 2.39. The third-order valence-electron chi connectivity index (χ3n) is 4.48. The van der Waals surface area contributed by atoms with Crippen molar-refractivity contribution in [3.8, 4) is 0 Å². The molecule has 0 fully saturated rings. The minimum absolute atomic E-state index is 0.432. The first kappa shape index (κ1) is 16.5. The molecule has 0 bridgehead atoms. The molecule has 0 saturated heterocycles. The van der Waals surface area contributed by atoms with E-state index in [1.54, 1.807) is 24.4 Å². The lowest BCUT2D eigenvalue weighted by molar-refractivity contribution is -0.120. The third-order valence-corrected chi connectivity index (χ3v) is 5.72. The molecule has 25 heavy (non-hydrogen) atoms. The van der Waals surface area contributed by atoms with E-state index in [2.05, 4.69) is 5.32 Å². The lowest BCUT2D eigenvalue weighted by atomic mass is 10.0. The van der Waals surface area contributed by atoms with Crippen LogP contribution in [0.3, 0.4) is 0 Å². The van der Waals surface area contributed by atoms with Crippen LogP contribution >= 0.6 is 22.9 Å². The molecule has 2 aromatic rings. The second kappa shape index (κ2) is 5.81. The molecule has 7 heteroatoms. The van der Waals surface area contributed by atoms with E-state index in [9.17, 15) is 13.2 Å². The molecule has 1 aromatic heterocycles. The van der Waals surface area contributed by atoms with Crippen molar-refractivity contribution in [2.75, 3.05) is 16.8 Å². The molecule has 0 spiro atoms. The number of benzene rings is 1. The predicted octanol–water partition coefficient (Wildman–Crippen LogP) is 4.33. The quantitative estimate of drug-likeness (QED) is 0.831. The van der Waals surface area contributed by atoms with Crippen LogP contribution in [0.15, 0.2) is 41.9 Å². The van der Waals surface area contributed by atoms with Crippen molar-refractivity contribution in [1.82, 2.24) is 0 Å². The topological polar surface area (TPSA) is 15.3 Å². The SMILES string of the molecule is CC1=c2c(ccc3c2=C(Cl)C=CN3)N(CC(F)(F)F)C1c1cccs1. The summed E-state index contributed by atoms with van der Waals surface area (Å²) < 4.78 is 39.8. The average molecular weight is 383 g/mol. The van der Waals surface area contributed by atoms with Gasteiger partial charge in [-0.05, 0) is 42.2 Å². The molecular weight excluding hydrogens is 369 g/mol. The molecule has 0 aliphatic carbocycles. The first-order valence-corrected chi connectivity index (χ1v) is 8.96. The van der Waals surface area contributed by atoms with E-state index in [1.165, 1.54) is 16.2 Å². The molecule has 4 rings (SSSR count). The van der Waals surface area contributed by atoms with E-state index in [0.717, 1.165) is 26.6 Å². The number of hydrogen-bond donors (Lipinski definition) is 1. The van der Waals surface area contributed by atoms with Crippen LogP contribution < -0.4 is 20.7 Å². The summed E-state index contributed by atoms with van der Waals surface area (Å²) in [5.41, 5.74) is 2.26. The first-order valence-electron chi connectivity index (χ1n) is 7.70. The molecule has 0 saturated carbocycles. The Morgan fingerprint density at radius 1 is 1.24 bits per heavy atom. The monoisotopic (exact) mass is 382 g/mol. The second-order valence-corrected chi connectivity index (χ2v) is 7.44. The van der Waals surface area contributed by atoms with Gasteiger partial charge in [0.05, 0.1) is 11.1 Å². The van der Waals surface area contributed by atoms with Crippen LogP contribution in [0.1, 0.15) is 17.8 Å². The number of nitrogens with zero attached hydrogens (tertiary/aromatic N) is 1. The van der Waals surface area contributed by atoms with Crippen LogP contribution in [0.2, 0.25) is 0 Å². The molecule has 0 amide bonds. The summed E-state index contributed by atoms with van der Waals surface area (Å²) in [5, 5.41) is 7.10. The number of allylic oxidation sites excluding steroid dienone is 1. The maximum atomic E-state index is 13.3. The number of anilines is 2. The fourth-order valence-electron chi connectivity index (χ4n) is 3.58. The van der Waals surface area contributed by atoms with Gasteiger partial charge in [-0.3, -0.25) is 0 Å². The first-order chi connectivity index (χ1) is 11.9. The molecule has 0 radical (unpaired) electrons. The fourth-order valence-corrected chi connectivity index (χ4v) is 4.74. The van der Waals surface area contributed by atoms with Gasteiger partial charge in [0.1, 0.15) is 6.54 Å². The fraction of sp³-hybridized carbons (Fsp3) is 0.222. The van der Waals surface area contributed by atoms with E-state index in [1.807, 2.05) is 24.4 Å². The van der Waals surface area contributed by atoms with Crippen molar-refractivity contribution in [3.05, 3.63) is 57.2 Å². The van der Waals surface area contributed by atoms with Gasteiger partial charge in [0, 0.05) is 32.9 Å². The zero-order chi connectivity index (χ0) is 17.8. The summed E-state index contributed by atoms with van der Waals surface area (Å²) in [7, 11) is 0. The van der Waals surface area contributed by atoms with Crippen LogP contribution in [0.25, 0.3) is 10.6 Å². The maximum Gasteiger partial charge on any atom is 0.405 e. The Labute approximate surface area is 151 Å². The van der Waals surface area contributed by atoms with Gasteiger partial charge in [-0.15, -0.1) is 11.3 Å². The summed E-state index contributed by atoms with van der Waals surface area (Å²) >= 11 is 7.85. The molecule has 1 unspecified atom stereocenters. The zero-order valence-electron chi connectivity index (χ0n) is 13.2. The van der Waals surface area contributed by atoms with Gasteiger partial charge in [0.25, 0.3) is 0 Å². The molecular formula is C18H14ClF3N2S. The minimum Gasteiger partial charge on any atom is -0.361 e. The highest BCUT2D eigenvalue weighted by Crippen LogP contribution is 2.40. The average Bonchev–Trinajstić information content (AvgIpc) is 3.14. The number of nitrogens with one attached hydrogen (secondary N) is 1. The van der Waals surface area contributed by atoms with Gasteiger partial charge >= 0.3 is 6.18 Å². The van der Waals surface area contributed by atoms with E-state index in [-0.39, 0.29) is 0 Å². The molecule has 2 nitrogen and oxygen atoms in total. The zero-order valence-corrected chi connectivity index (χ0v) is 14.8. The Morgan fingerprint density at radius 3 is 2.72 bits per heavy atom. The molecule has 2 aliphatic heterocycles. The minimum atomic E-state index is -4.29. The Balaban J connectivity index is 2.02. The number of alkyl halides is 3. The summed E-state index contributed by atoms with van der Waals surface area (Å²) in [6, 6.07) is 6.84. The number of rotatable bonds is 2. The summed E-state index contributed by atoms with van der Waals surface area (Å²) in [4.78, 5) is 2.32. The van der Waals surface area contributed by atoms with E-state index in [0.29, 0.717) is 10.7 Å². The third kappa shape index (κ3) is 2.73. The lowest BCUT2D eigenvalue weighted by Gasteiger charge is -2.29. The Kier molecular flexibility index (Phi) is 3.85. The van der Waals surface area contributed by atoms with Crippen molar-refractivity contribution in [2.45, 2.75) is 19.1 Å². The molecule has 3 heterocycles. The highest BCUT2D eigenvalue weighted by atomic mass is 35.5. The molecule has 1 N–H and O–H groups in total. The summed E-state index contributed by atoms with van der Waals surface area (Å²) in [5.74, 6) is 0. The number of hydrogen-bond acceptors (Lipinski definition) is 3. The van der Waals surface area contributed by atoms with E-state index < -0.39 is 18.8 Å². The normalized spacial score (nSPS) is 19.1. The summed E-state index contributed by atoms with van der Waals surface area (Å²) in [6.07, 6.45) is -0.839. The predicted molar refractivity (Wildman–Crippen MR) is 97.3 cm³/mol. The van der Waals surface area contributed by atoms with E-state index >= 15 is 0 Å². The second-order valence-electron chi connectivity index (χ2n) is 6.05. The van der Waals surface area contributed by atoms with Crippen LogP contribution in [0, 0.1) is 0 Å². The van der Waals surface area contributed by atoms with Gasteiger partial charge < -0.3 is 10.2 Å².